The van der Waals surface area contributed by atoms with E-state index in [0.717, 1.165) is 62.2 Å². The lowest BCUT2D eigenvalue weighted by Gasteiger charge is -2.27. The Kier molecular flexibility index (Phi) is 8.70. The van der Waals surface area contributed by atoms with Crippen molar-refractivity contribution in [2.24, 2.45) is 0 Å². The van der Waals surface area contributed by atoms with Crippen LogP contribution in [-0.2, 0) is 19.3 Å². The Hall–Kier alpha value is -3.25. The third-order valence-electron chi connectivity index (χ3n) is 6.87. The van der Waals surface area contributed by atoms with Gasteiger partial charge in [0.05, 0.1) is 7.11 Å². The maximum atomic E-state index is 14.4. The van der Waals surface area contributed by atoms with Crippen LogP contribution in [-0.4, -0.2) is 50.9 Å². The summed E-state index contributed by atoms with van der Waals surface area (Å²) < 4.78 is 25.5. The lowest BCUT2D eigenvalue weighted by atomic mass is 9.79. The molecule has 192 valence electrons. The predicted molar refractivity (Wildman–Crippen MR) is 143 cm³/mol. The van der Waals surface area contributed by atoms with E-state index in [2.05, 4.69) is 17.4 Å². The quantitative estimate of drug-likeness (QED) is 0.332. The number of phenolic OH excluding ortho intramolecular Hbond substituents is 1. The summed E-state index contributed by atoms with van der Waals surface area (Å²) in [5.74, 6) is 1.58. The normalized spacial score (nSPS) is 15.0. The molecule has 0 aromatic heterocycles. The highest BCUT2D eigenvalue weighted by molar-refractivity contribution is 5.57. The topological polar surface area (TPSA) is 54.0 Å². The molecule has 0 fully saturated rings. The van der Waals surface area contributed by atoms with E-state index in [9.17, 15) is 9.50 Å². The second-order valence-electron chi connectivity index (χ2n) is 9.79. The van der Waals surface area contributed by atoms with Gasteiger partial charge in [0.15, 0.2) is 11.6 Å². The van der Waals surface area contributed by atoms with Gasteiger partial charge in [-0.3, -0.25) is 0 Å². The van der Waals surface area contributed by atoms with Crippen LogP contribution < -0.4 is 14.8 Å². The average Bonchev–Trinajstić information content (AvgIpc) is 2.87. The van der Waals surface area contributed by atoms with Crippen molar-refractivity contribution in [1.82, 2.24) is 4.90 Å². The van der Waals surface area contributed by atoms with E-state index in [1.165, 1.54) is 16.7 Å². The molecule has 36 heavy (non-hydrogen) atoms. The van der Waals surface area contributed by atoms with Crippen LogP contribution in [0.1, 0.15) is 41.0 Å². The predicted octanol–water partition coefficient (Wildman–Crippen LogP) is 5.80. The second-order valence-corrected chi connectivity index (χ2v) is 9.79. The van der Waals surface area contributed by atoms with E-state index in [0.29, 0.717) is 24.0 Å². The summed E-state index contributed by atoms with van der Waals surface area (Å²) in [6.45, 7) is 1.99. The van der Waals surface area contributed by atoms with Gasteiger partial charge in [0, 0.05) is 24.8 Å². The van der Waals surface area contributed by atoms with Gasteiger partial charge in [-0.15, -0.1) is 0 Å². The number of anilines is 1. The molecule has 4 rings (SSSR count). The molecular weight excluding hydrogens is 455 g/mol. The molecule has 1 aliphatic rings. The summed E-state index contributed by atoms with van der Waals surface area (Å²) in [6.07, 6.45) is 4.62. The number of aromatic hydroxyl groups is 1. The largest absolute Gasteiger partial charge is 0.508 e. The number of rotatable bonds is 11. The second kappa shape index (κ2) is 12.1. The van der Waals surface area contributed by atoms with Gasteiger partial charge in [0.2, 0.25) is 0 Å². The van der Waals surface area contributed by atoms with Gasteiger partial charge in [0.25, 0.3) is 0 Å². The van der Waals surface area contributed by atoms with Crippen LogP contribution in [0, 0.1) is 5.82 Å². The Morgan fingerprint density at radius 2 is 1.92 bits per heavy atom. The molecule has 3 aromatic rings. The van der Waals surface area contributed by atoms with Crippen LogP contribution in [0.15, 0.2) is 54.6 Å². The lowest BCUT2D eigenvalue weighted by Crippen LogP contribution is -2.19. The number of fused-ring (bicyclic) bond motifs is 1. The van der Waals surface area contributed by atoms with Crippen LogP contribution in [0.3, 0.4) is 0 Å². The molecule has 0 unspecified atom stereocenters. The molecule has 0 saturated carbocycles. The maximum Gasteiger partial charge on any atom is 0.165 e. The van der Waals surface area contributed by atoms with Gasteiger partial charge in [-0.2, -0.15) is 0 Å². The van der Waals surface area contributed by atoms with Crippen molar-refractivity contribution in [2.45, 2.75) is 38.0 Å². The van der Waals surface area contributed by atoms with Crippen molar-refractivity contribution >= 4 is 5.69 Å². The summed E-state index contributed by atoms with van der Waals surface area (Å²) in [5, 5.41) is 13.4. The van der Waals surface area contributed by atoms with Gasteiger partial charge >= 0.3 is 0 Å². The summed E-state index contributed by atoms with van der Waals surface area (Å²) >= 11 is 0. The third-order valence-corrected chi connectivity index (χ3v) is 6.87. The van der Waals surface area contributed by atoms with Crippen LogP contribution in [0.4, 0.5) is 10.1 Å². The number of aryl methyl sites for hydroxylation is 2. The van der Waals surface area contributed by atoms with E-state index < -0.39 is 0 Å². The molecule has 1 atom stereocenters. The molecule has 0 saturated heterocycles. The molecule has 0 spiro atoms. The molecule has 3 aromatic carbocycles. The van der Waals surface area contributed by atoms with Crippen molar-refractivity contribution in [3.05, 3.63) is 82.7 Å². The smallest absolute Gasteiger partial charge is 0.165 e. The van der Waals surface area contributed by atoms with Gasteiger partial charge < -0.3 is 24.8 Å². The zero-order valence-electron chi connectivity index (χ0n) is 21.5. The van der Waals surface area contributed by atoms with Crippen molar-refractivity contribution in [3.63, 3.8) is 0 Å². The number of hydrogen-bond acceptors (Lipinski definition) is 5. The van der Waals surface area contributed by atoms with E-state index in [1.54, 1.807) is 25.3 Å². The first-order valence-electron chi connectivity index (χ1n) is 12.7. The molecule has 0 aliphatic heterocycles. The minimum atomic E-state index is -0.305. The molecule has 2 N–H and O–H groups in total. The summed E-state index contributed by atoms with van der Waals surface area (Å²) in [5.41, 5.74) is 5.90. The summed E-state index contributed by atoms with van der Waals surface area (Å²) in [7, 11) is 5.61. The number of nitrogens with zero attached hydrogens (tertiary/aromatic N) is 1. The molecule has 0 amide bonds. The number of likely N-dealkylation sites (N-methyl/N-ethyl adjacent to an activating group) is 1. The number of benzene rings is 3. The minimum absolute atomic E-state index is 0.305. The van der Waals surface area contributed by atoms with Gasteiger partial charge in [-0.05, 0) is 105 Å². The Morgan fingerprint density at radius 1 is 1.06 bits per heavy atom. The van der Waals surface area contributed by atoms with Crippen LogP contribution in [0.2, 0.25) is 0 Å². The molecule has 1 aliphatic carbocycles. The van der Waals surface area contributed by atoms with Crippen LogP contribution >= 0.6 is 0 Å². The summed E-state index contributed by atoms with van der Waals surface area (Å²) in [6, 6.07) is 17.2. The average molecular weight is 493 g/mol. The fraction of sp³-hybridized carbons (Fsp3) is 0.400. The van der Waals surface area contributed by atoms with Crippen molar-refractivity contribution in [2.75, 3.05) is 46.2 Å². The number of hydrogen-bond donors (Lipinski definition) is 2. The molecule has 5 nitrogen and oxygen atoms in total. The fourth-order valence-corrected chi connectivity index (χ4v) is 4.85. The zero-order chi connectivity index (χ0) is 25.5. The Morgan fingerprint density at radius 3 is 2.69 bits per heavy atom. The summed E-state index contributed by atoms with van der Waals surface area (Å²) in [4.78, 5) is 2.01. The monoisotopic (exact) mass is 492 g/mol. The molecule has 6 heteroatoms. The Labute approximate surface area is 213 Å². The number of nitrogens with one attached hydrogen (secondary N) is 1. The van der Waals surface area contributed by atoms with E-state index in [4.69, 9.17) is 9.47 Å². The SMILES string of the molecule is COc1ccc([C@H]2CCc3cc(O)ccc3C2)c(NCCCc2ccc(OCCN(C)C)c(F)c2)c1. The first kappa shape index (κ1) is 25.8. The van der Waals surface area contributed by atoms with Gasteiger partial charge in [0.1, 0.15) is 18.1 Å². The fourth-order valence-electron chi connectivity index (χ4n) is 4.85. The van der Waals surface area contributed by atoms with E-state index in [1.807, 2.05) is 43.3 Å². The van der Waals surface area contributed by atoms with Crippen molar-refractivity contribution in [1.29, 1.82) is 0 Å². The number of halogens is 1. The standard InChI is InChI=1S/C30H37FN2O3/c1-33(2)15-16-36-30-13-6-21(17-28(30)31)5-4-14-32-29-20-26(35-3)11-12-27(29)24-8-7-23-19-25(34)10-9-22(23)18-24/h6,9-13,17,19-20,24,32,34H,4-5,7-8,14-16,18H2,1-3H3/t24-/m0/s1. The van der Waals surface area contributed by atoms with E-state index in [-0.39, 0.29) is 5.82 Å². The van der Waals surface area contributed by atoms with Crippen molar-refractivity contribution < 1.29 is 19.0 Å². The number of phenols is 1. The molecule has 0 heterocycles. The highest BCUT2D eigenvalue weighted by Crippen LogP contribution is 2.38. The van der Waals surface area contributed by atoms with Crippen LogP contribution in [0.5, 0.6) is 17.2 Å². The number of ether oxygens (including phenoxy) is 2. The van der Waals surface area contributed by atoms with Gasteiger partial charge in [-0.1, -0.05) is 18.2 Å². The first-order chi connectivity index (χ1) is 17.4. The lowest BCUT2D eigenvalue weighted by molar-refractivity contribution is 0.252. The highest BCUT2D eigenvalue weighted by Gasteiger charge is 2.23. The highest BCUT2D eigenvalue weighted by atomic mass is 19.1. The number of methoxy groups -OCH3 is 1. The minimum Gasteiger partial charge on any atom is -0.508 e. The zero-order valence-corrected chi connectivity index (χ0v) is 21.5. The van der Waals surface area contributed by atoms with Crippen molar-refractivity contribution in [3.8, 4) is 17.2 Å². The Bertz CT molecular complexity index is 1160. The third kappa shape index (κ3) is 6.70. The molecular formula is C30H37FN2O3. The van der Waals surface area contributed by atoms with Crippen LogP contribution in [0.25, 0.3) is 0 Å². The Balaban J connectivity index is 1.35. The first-order valence-corrected chi connectivity index (χ1v) is 12.7. The van der Waals surface area contributed by atoms with Gasteiger partial charge in [-0.25, -0.2) is 4.39 Å². The maximum absolute atomic E-state index is 14.4. The molecule has 0 bridgehead atoms. The van der Waals surface area contributed by atoms with E-state index >= 15 is 0 Å². The molecule has 0 radical (unpaired) electrons.